The van der Waals surface area contributed by atoms with Crippen LogP contribution in [0.4, 0.5) is 0 Å². The monoisotopic (exact) mass is 657 g/mol. The summed E-state index contributed by atoms with van der Waals surface area (Å²) < 4.78 is 22.2. The van der Waals surface area contributed by atoms with Gasteiger partial charge in [0.15, 0.2) is 0 Å². The average molecular weight is 658 g/mol. The second-order valence-corrected chi connectivity index (χ2v) is 14.8. The Morgan fingerprint density at radius 3 is 1.13 bits per heavy atom. The molecular weight excluding hydrogens is 594 g/mol. The van der Waals surface area contributed by atoms with Crippen LogP contribution >= 0.6 is 0 Å². The first-order valence-corrected chi connectivity index (χ1v) is 16.6. The van der Waals surface area contributed by atoms with Gasteiger partial charge in [0.2, 0.25) is 5.91 Å². The third-order valence-electron chi connectivity index (χ3n) is 6.61. The summed E-state index contributed by atoms with van der Waals surface area (Å²) in [7, 11) is 0. The number of amides is 1. The number of rotatable bonds is 13. The number of nitrogens with one attached hydrogen (secondary N) is 1. The van der Waals surface area contributed by atoms with E-state index in [0.29, 0.717) is 72.1 Å². The Hall–Kier alpha value is -2.32. The third-order valence-corrected chi connectivity index (χ3v) is 6.61. The van der Waals surface area contributed by atoms with E-state index in [1.165, 1.54) is 0 Å². The Morgan fingerprint density at radius 2 is 0.848 bits per heavy atom. The fourth-order valence-corrected chi connectivity index (χ4v) is 4.69. The van der Waals surface area contributed by atoms with Crippen molar-refractivity contribution in [2.75, 3.05) is 98.3 Å². The zero-order valence-electron chi connectivity index (χ0n) is 30.4. The van der Waals surface area contributed by atoms with Gasteiger partial charge in [-0.2, -0.15) is 0 Å². The van der Waals surface area contributed by atoms with Crippen LogP contribution in [0.3, 0.4) is 0 Å². The molecular formula is C33H63N5O8. The Morgan fingerprint density at radius 1 is 0.543 bits per heavy atom. The fraction of sp³-hybridized carbons (Fsp3) is 0.879. The van der Waals surface area contributed by atoms with E-state index < -0.39 is 16.8 Å². The minimum atomic E-state index is -0.617. The molecule has 0 atom stereocenters. The van der Waals surface area contributed by atoms with E-state index in [-0.39, 0.29) is 50.0 Å². The lowest BCUT2D eigenvalue weighted by Gasteiger charge is -2.34. The number of ether oxygens (including phenoxy) is 4. The molecule has 1 N–H and O–H groups in total. The number of esters is 3. The van der Waals surface area contributed by atoms with E-state index in [2.05, 4.69) is 5.32 Å². The van der Waals surface area contributed by atoms with Gasteiger partial charge in [-0.3, -0.25) is 38.8 Å². The van der Waals surface area contributed by atoms with E-state index in [9.17, 15) is 19.2 Å². The molecule has 0 unspecified atom stereocenters. The van der Waals surface area contributed by atoms with Crippen LogP contribution in [0.25, 0.3) is 0 Å². The minimum absolute atomic E-state index is 0.0768. The van der Waals surface area contributed by atoms with Crippen LogP contribution in [0.1, 0.15) is 75.7 Å². The standard InChI is InChI=1S/C33H63N5O8/c1-11-43-22-12-13-34-27(39)23-35-14-16-36(24-28(40)44-31(2,3)4)18-20-38(26-30(42)46-33(8,9)10)21-19-37(17-15-35)25-29(41)45-32(5,6)7/h11-26H2,1-10H3,(H,34,39). The second-order valence-electron chi connectivity index (χ2n) is 14.8. The van der Waals surface area contributed by atoms with E-state index in [1.54, 1.807) is 0 Å². The highest BCUT2D eigenvalue weighted by Gasteiger charge is 2.26. The van der Waals surface area contributed by atoms with Crippen molar-refractivity contribution >= 4 is 23.8 Å². The molecule has 1 aliphatic heterocycles. The SMILES string of the molecule is CCOCCCNC(=O)CN1CCN(CC(=O)OC(C)(C)C)CCN(CC(=O)OC(C)(C)C)CCN(CC(=O)OC(C)(C)C)CC1. The molecule has 46 heavy (non-hydrogen) atoms. The van der Waals surface area contributed by atoms with Crippen molar-refractivity contribution in [3.05, 3.63) is 0 Å². The maximum Gasteiger partial charge on any atom is 0.320 e. The molecule has 1 heterocycles. The smallest absolute Gasteiger partial charge is 0.320 e. The molecule has 0 bridgehead atoms. The summed E-state index contributed by atoms with van der Waals surface area (Å²) >= 11 is 0. The van der Waals surface area contributed by atoms with Gasteiger partial charge in [0, 0.05) is 72.1 Å². The molecule has 1 saturated heterocycles. The van der Waals surface area contributed by atoms with Gasteiger partial charge in [0.25, 0.3) is 0 Å². The molecule has 1 amide bonds. The van der Waals surface area contributed by atoms with Crippen LogP contribution in [0.15, 0.2) is 0 Å². The van der Waals surface area contributed by atoms with E-state index in [1.807, 2.05) is 88.8 Å². The normalized spacial score (nSPS) is 17.4. The molecule has 1 fully saturated rings. The first-order valence-electron chi connectivity index (χ1n) is 16.6. The molecule has 0 saturated carbocycles. The highest BCUT2D eigenvalue weighted by atomic mass is 16.6. The summed E-state index contributed by atoms with van der Waals surface area (Å²) in [5, 5.41) is 2.97. The van der Waals surface area contributed by atoms with Crippen molar-refractivity contribution in [3.8, 4) is 0 Å². The molecule has 13 nitrogen and oxygen atoms in total. The molecule has 0 aromatic carbocycles. The van der Waals surface area contributed by atoms with Crippen LogP contribution in [-0.4, -0.2) is 159 Å². The Balaban J connectivity index is 3.16. The summed E-state index contributed by atoms with van der Waals surface area (Å²) in [6.45, 7) is 24.6. The fourth-order valence-electron chi connectivity index (χ4n) is 4.69. The van der Waals surface area contributed by atoms with Crippen molar-refractivity contribution in [2.45, 2.75) is 92.5 Å². The van der Waals surface area contributed by atoms with Gasteiger partial charge in [0.05, 0.1) is 26.2 Å². The molecule has 0 aromatic rings. The topological polar surface area (TPSA) is 130 Å². The molecule has 268 valence electrons. The summed E-state index contributed by atoms with van der Waals surface area (Å²) in [6.07, 6.45) is 0.729. The van der Waals surface area contributed by atoms with Crippen LogP contribution < -0.4 is 5.32 Å². The van der Waals surface area contributed by atoms with Gasteiger partial charge in [-0.15, -0.1) is 0 Å². The van der Waals surface area contributed by atoms with Crippen molar-refractivity contribution in [1.29, 1.82) is 0 Å². The van der Waals surface area contributed by atoms with Gasteiger partial charge in [-0.25, -0.2) is 0 Å². The number of carbonyl (C=O) groups is 4. The number of carbonyl (C=O) groups excluding carboxylic acids is 4. The van der Waals surface area contributed by atoms with E-state index in [0.717, 1.165) is 6.42 Å². The van der Waals surface area contributed by atoms with Crippen LogP contribution in [0, 0.1) is 0 Å². The third kappa shape index (κ3) is 22.2. The average Bonchev–Trinajstić information content (AvgIpc) is 2.86. The largest absolute Gasteiger partial charge is 0.459 e. The molecule has 0 aromatic heterocycles. The maximum atomic E-state index is 12.9. The van der Waals surface area contributed by atoms with Crippen molar-refractivity contribution in [3.63, 3.8) is 0 Å². The molecule has 13 heteroatoms. The van der Waals surface area contributed by atoms with Gasteiger partial charge in [-0.1, -0.05) is 0 Å². The zero-order chi connectivity index (χ0) is 35.0. The first-order chi connectivity index (χ1) is 21.2. The maximum absolute atomic E-state index is 12.9. The lowest BCUT2D eigenvalue weighted by molar-refractivity contribution is -0.158. The van der Waals surface area contributed by atoms with Crippen molar-refractivity contribution < 1.29 is 38.1 Å². The van der Waals surface area contributed by atoms with Crippen LogP contribution in [-0.2, 0) is 38.1 Å². The molecule has 0 aliphatic carbocycles. The van der Waals surface area contributed by atoms with Gasteiger partial charge >= 0.3 is 17.9 Å². The lowest BCUT2D eigenvalue weighted by Crippen LogP contribution is -2.50. The molecule has 1 rings (SSSR count). The quantitative estimate of drug-likeness (QED) is 0.176. The first kappa shape index (κ1) is 41.7. The van der Waals surface area contributed by atoms with Gasteiger partial charge in [0.1, 0.15) is 16.8 Å². The highest BCUT2D eigenvalue weighted by Crippen LogP contribution is 2.11. The summed E-state index contributed by atoms with van der Waals surface area (Å²) in [5.74, 6) is -1.10. The number of hydrogen-bond acceptors (Lipinski definition) is 12. The predicted molar refractivity (Wildman–Crippen MR) is 177 cm³/mol. The second kappa shape index (κ2) is 20.1. The van der Waals surface area contributed by atoms with Crippen LogP contribution in [0.2, 0.25) is 0 Å². The lowest BCUT2D eigenvalue weighted by atomic mass is 10.2. The number of hydrogen-bond donors (Lipinski definition) is 1. The highest BCUT2D eigenvalue weighted by molar-refractivity contribution is 5.78. The van der Waals surface area contributed by atoms with Crippen molar-refractivity contribution in [1.82, 2.24) is 24.9 Å². The van der Waals surface area contributed by atoms with Gasteiger partial charge < -0.3 is 24.3 Å². The zero-order valence-corrected chi connectivity index (χ0v) is 30.4. The van der Waals surface area contributed by atoms with Gasteiger partial charge in [-0.05, 0) is 75.7 Å². The molecule has 0 spiro atoms. The molecule has 1 aliphatic rings. The molecule has 0 radical (unpaired) electrons. The number of nitrogens with zero attached hydrogens (tertiary/aromatic N) is 4. The Labute approximate surface area is 277 Å². The van der Waals surface area contributed by atoms with Crippen molar-refractivity contribution in [2.24, 2.45) is 0 Å². The van der Waals surface area contributed by atoms with E-state index >= 15 is 0 Å². The Kier molecular flexibility index (Phi) is 18.3. The predicted octanol–water partition coefficient (Wildman–Crippen LogP) is 1.78. The van der Waals surface area contributed by atoms with Crippen LogP contribution in [0.5, 0.6) is 0 Å². The van der Waals surface area contributed by atoms with E-state index in [4.69, 9.17) is 18.9 Å². The Bertz CT molecular complexity index is 896. The summed E-state index contributed by atoms with van der Waals surface area (Å²) in [4.78, 5) is 59.4. The minimum Gasteiger partial charge on any atom is -0.459 e. The summed E-state index contributed by atoms with van der Waals surface area (Å²) in [6, 6.07) is 0. The summed E-state index contributed by atoms with van der Waals surface area (Å²) in [5.41, 5.74) is -1.85.